The van der Waals surface area contributed by atoms with Crippen LogP contribution in [0.25, 0.3) is 0 Å². The fourth-order valence-corrected chi connectivity index (χ4v) is 5.84. The average molecular weight is 652 g/mol. The van der Waals surface area contributed by atoms with Gasteiger partial charge in [0.1, 0.15) is 6.04 Å². The molecular weight excluding hydrogens is 615 g/mol. The summed E-state index contributed by atoms with van der Waals surface area (Å²) in [6.45, 7) is 3.63. The van der Waals surface area contributed by atoms with E-state index in [0.717, 1.165) is 34.3 Å². The SMILES string of the molecule is CCC(C)NC(=O)C(Cc1ccccc1)N(Cc1cccc(Cl)c1)C(=O)CCCN(c1cccc(C(F)(F)F)c1)S(C)(=O)=O. The van der Waals surface area contributed by atoms with Gasteiger partial charge in [0.2, 0.25) is 21.8 Å². The Morgan fingerprint density at radius 1 is 0.955 bits per heavy atom. The van der Waals surface area contributed by atoms with Crippen LogP contribution in [0.3, 0.4) is 0 Å². The van der Waals surface area contributed by atoms with Crippen LogP contribution in [0.1, 0.15) is 49.8 Å². The molecule has 3 rings (SSSR count). The fraction of sp³-hybridized carbons (Fsp3) is 0.375. The lowest BCUT2D eigenvalue weighted by Gasteiger charge is -2.33. The summed E-state index contributed by atoms with van der Waals surface area (Å²) in [5.41, 5.74) is 0.402. The number of carbonyl (C=O) groups excluding carboxylic acids is 2. The number of sulfonamides is 1. The van der Waals surface area contributed by atoms with Crippen molar-refractivity contribution in [3.63, 3.8) is 0 Å². The first kappa shape index (κ1) is 34.9. The van der Waals surface area contributed by atoms with E-state index in [-0.39, 0.29) is 50.0 Å². The summed E-state index contributed by atoms with van der Waals surface area (Å²) >= 11 is 6.21. The molecule has 238 valence electrons. The topological polar surface area (TPSA) is 86.8 Å². The van der Waals surface area contributed by atoms with E-state index in [4.69, 9.17) is 11.6 Å². The Labute approximate surface area is 262 Å². The summed E-state index contributed by atoms with van der Waals surface area (Å²) in [6, 6.07) is 19.2. The smallest absolute Gasteiger partial charge is 0.352 e. The Morgan fingerprint density at radius 2 is 1.61 bits per heavy atom. The molecule has 2 unspecified atom stereocenters. The zero-order chi connectivity index (χ0) is 32.5. The number of nitrogens with zero attached hydrogens (tertiary/aromatic N) is 2. The quantitative estimate of drug-likeness (QED) is 0.217. The first-order chi connectivity index (χ1) is 20.7. The normalized spacial score (nSPS) is 13.2. The van der Waals surface area contributed by atoms with Gasteiger partial charge in [-0.25, -0.2) is 8.42 Å². The fourth-order valence-electron chi connectivity index (χ4n) is 4.67. The van der Waals surface area contributed by atoms with E-state index in [1.807, 2.05) is 44.2 Å². The summed E-state index contributed by atoms with van der Waals surface area (Å²) in [7, 11) is -3.98. The molecule has 0 fully saturated rings. The van der Waals surface area contributed by atoms with Gasteiger partial charge in [-0.3, -0.25) is 13.9 Å². The number of nitrogens with one attached hydrogen (secondary N) is 1. The van der Waals surface area contributed by atoms with Gasteiger partial charge in [-0.15, -0.1) is 0 Å². The number of alkyl halides is 3. The maximum absolute atomic E-state index is 13.9. The lowest BCUT2D eigenvalue weighted by Crippen LogP contribution is -2.52. The van der Waals surface area contributed by atoms with Crippen molar-refractivity contribution in [3.8, 4) is 0 Å². The van der Waals surface area contributed by atoms with Crippen molar-refractivity contribution in [2.45, 2.75) is 64.3 Å². The molecule has 1 N–H and O–H groups in total. The van der Waals surface area contributed by atoms with Crippen molar-refractivity contribution in [3.05, 3.63) is 101 Å². The number of halogens is 4. The molecule has 44 heavy (non-hydrogen) atoms. The van der Waals surface area contributed by atoms with Crippen molar-refractivity contribution in [2.24, 2.45) is 0 Å². The third-order valence-corrected chi connectivity index (χ3v) is 8.56. The number of amides is 2. The van der Waals surface area contributed by atoms with Gasteiger partial charge in [-0.1, -0.05) is 67.1 Å². The van der Waals surface area contributed by atoms with Gasteiger partial charge < -0.3 is 10.2 Å². The maximum Gasteiger partial charge on any atom is 0.416 e. The summed E-state index contributed by atoms with van der Waals surface area (Å²) in [5, 5.41) is 3.44. The van der Waals surface area contributed by atoms with Crippen LogP contribution in [0.2, 0.25) is 5.02 Å². The highest BCUT2D eigenvalue weighted by atomic mass is 35.5. The van der Waals surface area contributed by atoms with E-state index in [1.54, 1.807) is 24.3 Å². The van der Waals surface area contributed by atoms with Gasteiger partial charge >= 0.3 is 6.18 Å². The van der Waals surface area contributed by atoms with Crippen molar-refractivity contribution >= 4 is 39.1 Å². The molecule has 0 aromatic heterocycles. The van der Waals surface area contributed by atoms with Crippen LogP contribution in [0, 0.1) is 0 Å². The molecule has 0 aliphatic rings. The molecule has 2 atom stereocenters. The summed E-state index contributed by atoms with van der Waals surface area (Å²) < 4.78 is 66.0. The molecule has 0 aliphatic heterocycles. The molecule has 0 saturated carbocycles. The van der Waals surface area contributed by atoms with E-state index in [1.165, 1.54) is 11.0 Å². The molecular formula is C32H37ClF3N3O4S. The van der Waals surface area contributed by atoms with E-state index < -0.39 is 33.7 Å². The third-order valence-electron chi connectivity index (χ3n) is 7.13. The number of benzene rings is 3. The van der Waals surface area contributed by atoms with Gasteiger partial charge in [0.05, 0.1) is 17.5 Å². The minimum Gasteiger partial charge on any atom is -0.352 e. The number of hydrogen-bond acceptors (Lipinski definition) is 4. The monoisotopic (exact) mass is 651 g/mol. The average Bonchev–Trinajstić information content (AvgIpc) is 2.96. The lowest BCUT2D eigenvalue weighted by atomic mass is 10.0. The van der Waals surface area contributed by atoms with Crippen molar-refractivity contribution in [1.29, 1.82) is 0 Å². The van der Waals surface area contributed by atoms with E-state index >= 15 is 0 Å². The van der Waals surface area contributed by atoms with Crippen LogP contribution >= 0.6 is 11.6 Å². The number of rotatable bonds is 14. The van der Waals surface area contributed by atoms with Gasteiger partial charge in [0, 0.05) is 37.0 Å². The molecule has 0 saturated heterocycles. The van der Waals surface area contributed by atoms with Gasteiger partial charge in [-0.05, 0) is 61.2 Å². The Hall–Kier alpha value is -3.57. The Bertz CT molecular complexity index is 1520. The number of anilines is 1. The molecule has 2 amide bonds. The zero-order valence-corrected chi connectivity index (χ0v) is 26.4. The minimum atomic E-state index is -4.65. The van der Waals surface area contributed by atoms with Crippen LogP contribution in [0.15, 0.2) is 78.9 Å². The van der Waals surface area contributed by atoms with E-state index in [2.05, 4.69) is 5.32 Å². The minimum absolute atomic E-state index is 0.000760. The van der Waals surface area contributed by atoms with Gasteiger partial charge in [0.25, 0.3) is 0 Å². The first-order valence-corrected chi connectivity index (χ1v) is 16.4. The zero-order valence-electron chi connectivity index (χ0n) is 24.9. The van der Waals surface area contributed by atoms with Crippen molar-refractivity contribution < 1.29 is 31.2 Å². The van der Waals surface area contributed by atoms with E-state index in [9.17, 15) is 31.2 Å². The Morgan fingerprint density at radius 3 is 2.23 bits per heavy atom. The Kier molecular flexibility index (Phi) is 12.2. The second-order valence-electron chi connectivity index (χ2n) is 10.7. The van der Waals surface area contributed by atoms with Crippen LogP contribution in [-0.4, -0.2) is 50.0 Å². The van der Waals surface area contributed by atoms with Crippen LogP contribution in [0.5, 0.6) is 0 Å². The number of hydrogen-bond donors (Lipinski definition) is 1. The number of carbonyl (C=O) groups is 2. The van der Waals surface area contributed by atoms with E-state index in [0.29, 0.717) is 17.0 Å². The van der Waals surface area contributed by atoms with Gasteiger partial charge in [0.15, 0.2) is 0 Å². The predicted octanol–water partition coefficient (Wildman–Crippen LogP) is 6.46. The summed E-state index contributed by atoms with van der Waals surface area (Å²) in [5.74, 6) is -0.747. The van der Waals surface area contributed by atoms with Crippen LogP contribution < -0.4 is 9.62 Å². The van der Waals surface area contributed by atoms with Crippen LogP contribution in [0.4, 0.5) is 18.9 Å². The lowest BCUT2D eigenvalue weighted by molar-refractivity contribution is -0.141. The largest absolute Gasteiger partial charge is 0.416 e. The maximum atomic E-state index is 13.9. The highest BCUT2D eigenvalue weighted by molar-refractivity contribution is 7.92. The highest BCUT2D eigenvalue weighted by Crippen LogP contribution is 2.32. The van der Waals surface area contributed by atoms with Crippen molar-refractivity contribution in [2.75, 3.05) is 17.1 Å². The molecule has 0 radical (unpaired) electrons. The predicted molar refractivity (Wildman–Crippen MR) is 167 cm³/mol. The Balaban J connectivity index is 1.91. The standard InChI is InChI=1S/C32H37ClF3N3O4S/c1-4-23(2)37-31(41)29(20-24-11-6-5-7-12-24)38(22-25-13-8-15-27(33)19-25)30(40)17-10-18-39(44(3,42)43)28-16-9-14-26(21-28)32(34,35)36/h5-9,11-16,19,21,23,29H,4,10,17-18,20,22H2,1-3H3,(H,37,41). The molecule has 0 aliphatic carbocycles. The molecule has 0 heterocycles. The van der Waals surface area contributed by atoms with Crippen LogP contribution in [-0.2, 0) is 38.8 Å². The summed E-state index contributed by atoms with van der Waals surface area (Å²) in [6.07, 6.45) is -3.00. The van der Waals surface area contributed by atoms with Gasteiger partial charge in [-0.2, -0.15) is 13.2 Å². The first-order valence-electron chi connectivity index (χ1n) is 14.2. The second-order valence-corrected chi connectivity index (χ2v) is 13.0. The molecule has 0 bridgehead atoms. The molecule has 0 spiro atoms. The molecule has 3 aromatic carbocycles. The highest BCUT2D eigenvalue weighted by Gasteiger charge is 2.33. The molecule has 3 aromatic rings. The van der Waals surface area contributed by atoms with Crippen molar-refractivity contribution in [1.82, 2.24) is 10.2 Å². The summed E-state index contributed by atoms with van der Waals surface area (Å²) in [4.78, 5) is 29.0. The third kappa shape index (κ3) is 10.3. The molecule has 7 nitrogen and oxygen atoms in total. The molecule has 12 heteroatoms. The second kappa shape index (κ2) is 15.4.